The third-order valence-corrected chi connectivity index (χ3v) is 4.45. The summed E-state index contributed by atoms with van der Waals surface area (Å²) in [5.74, 6) is 2.46. The van der Waals surface area contributed by atoms with Gasteiger partial charge in [0.15, 0.2) is 0 Å². The van der Waals surface area contributed by atoms with Crippen LogP contribution in [0.15, 0.2) is 22.7 Å². The standard InChI is InChI=1S/C15H18BrClN4/c1-4-12-20-14(18-5-2)9(3)15(21-12)19-11-8-6-7-10(17)13(11)16/h6-8H,4-5H2,1-3H3,(H2,18,19,20,21). The molecule has 0 aliphatic heterocycles. The predicted octanol–water partition coefficient (Wildman–Crippen LogP) is 4.94. The number of aryl methyl sites for hydroxylation is 1. The van der Waals surface area contributed by atoms with Gasteiger partial charge in [-0.25, -0.2) is 9.97 Å². The molecule has 0 saturated heterocycles. The van der Waals surface area contributed by atoms with E-state index in [1.807, 2.05) is 39.0 Å². The van der Waals surface area contributed by atoms with Gasteiger partial charge in [-0.3, -0.25) is 0 Å². The van der Waals surface area contributed by atoms with Crippen LogP contribution in [0.1, 0.15) is 25.2 Å². The van der Waals surface area contributed by atoms with Crippen molar-refractivity contribution in [1.29, 1.82) is 0 Å². The fourth-order valence-corrected chi connectivity index (χ4v) is 2.45. The Balaban J connectivity index is 2.43. The SMILES string of the molecule is CCNc1nc(CC)nc(Nc2cccc(Cl)c2Br)c1C. The Morgan fingerprint density at radius 3 is 2.57 bits per heavy atom. The first-order chi connectivity index (χ1) is 10.1. The molecule has 0 spiro atoms. The molecule has 2 N–H and O–H groups in total. The lowest BCUT2D eigenvalue weighted by molar-refractivity contribution is 0.930. The van der Waals surface area contributed by atoms with Crippen molar-refractivity contribution >= 4 is 44.9 Å². The normalized spacial score (nSPS) is 10.5. The van der Waals surface area contributed by atoms with Gasteiger partial charge < -0.3 is 10.6 Å². The van der Waals surface area contributed by atoms with Crippen LogP contribution in [0.25, 0.3) is 0 Å². The number of halogens is 2. The van der Waals surface area contributed by atoms with Gasteiger partial charge in [0.2, 0.25) is 0 Å². The van der Waals surface area contributed by atoms with Gasteiger partial charge >= 0.3 is 0 Å². The minimum absolute atomic E-state index is 0.661. The quantitative estimate of drug-likeness (QED) is 0.784. The van der Waals surface area contributed by atoms with Crippen LogP contribution in [0.4, 0.5) is 17.3 Å². The molecule has 21 heavy (non-hydrogen) atoms. The average Bonchev–Trinajstić information content (AvgIpc) is 2.48. The molecule has 2 aromatic rings. The van der Waals surface area contributed by atoms with E-state index in [0.717, 1.165) is 46.1 Å². The highest BCUT2D eigenvalue weighted by Gasteiger charge is 2.12. The predicted molar refractivity (Wildman–Crippen MR) is 92.7 cm³/mol. The molecule has 4 nitrogen and oxygen atoms in total. The van der Waals surface area contributed by atoms with Crippen molar-refractivity contribution < 1.29 is 0 Å². The lowest BCUT2D eigenvalue weighted by Gasteiger charge is -2.15. The van der Waals surface area contributed by atoms with Crippen LogP contribution in [0.5, 0.6) is 0 Å². The molecule has 0 saturated carbocycles. The second-order valence-electron chi connectivity index (χ2n) is 4.57. The van der Waals surface area contributed by atoms with Crippen LogP contribution in [-0.4, -0.2) is 16.5 Å². The maximum atomic E-state index is 6.13. The summed E-state index contributed by atoms with van der Waals surface area (Å²) in [5, 5.41) is 7.27. The van der Waals surface area contributed by atoms with E-state index < -0.39 is 0 Å². The minimum Gasteiger partial charge on any atom is -0.370 e. The summed E-state index contributed by atoms with van der Waals surface area (Å²) in [5.41, 5.74) is 1.87. The third kappa shape index (κ3) is 3.66. The van der Waals surface area contributed by atoms with Crippen molar-refractivity contribution in [2.75, 3.05) is 17.2 Å². The number of hydrogen-bond acceptors (Lipinski definition) is 4. The molecule has 0 aliphatic carbocycles. The van der Waals surface area contributed by atoms with Crippen molar-refractivity contribution in [3.63, 3.8) is 0 Å². The molecule has 0 bridgehead atoms. The summed E-state index contributed by atoms with van der Waals surface area (Å²) < 4.78 is 0.827. The molecule has 112 valence electrons. The zero-order valence-corrected chi connectivity index (χ0v) is 14.6. The Hall–Kier alpha value is -1.33. The molecule has 0 aliphatic rings. The topological polar surface area (TPSA) is 49.8 Å². The zero-order chi connectivity index (χ0) is 15.4. The first-order valence-corrected chi connectivity index (χ1v) is 8.06. The average molecular weight is 370 g/mol. The maximum absolute atomic E-state index is 6.13. The molecule has 0 amide bonds. The Kier molecular flexibility index (Phi) is 5.42. The summed E-state index contributed by atoms with van der Waals surface area (Å²) >= 11 is 9.62. The highest BCUT2D eigenvalue weighted by Crippen LogP contribution is 2.33. The molecular formula is C15H18BrClN4. The monoisotopic (exact) mass is 368 g/mol. The van der Waals surface area contributed by atoms with Crippen LogP contribution in [-0.2, 0) is 6.42 Å². The first kappa shape index (κ1) is 16.0. The van der Waals surface area contributed by atoms with Crippen LogP contribution in [0.2, 0.25) is 5.02 Å². The van der Waals surface area contributed by atoms with E-state index in [1.54, 1.807) is 0 Å². The van der Waals surface area contributed by atoms with Gasteiger partial charge in [0.1, 0.15) is 17.5 Å². The van der Waals surface area contributed by atoms with Gasteiger partial charge in [0, 0.05) is 18.5 Å². The van der Waals surface area contributed by atoms with Crippen molar-refractivity contribution in [2.45, 2.75) is 27.2 Å². The number of rotatable bonds is 5. The molecule has 1 aromatic heterocycles. The molecule has 0 radical (unpaired) electrons. The number of nitrogens with zero attached hydrogens (tertiary/aromatic N) is 2. The lowest BCUT2D eigenvalue weighted by atomic mass is 10.2. The van der Waals surface area contributed by atoms with E-state index >= 15 is 0 Å². The number of aromatic nitrogens is 2. The van der Waals surface area contributed by atoms with E-state index in [-0.39, 0.29) is 0 Å². The Morgan fingerprint density at radius 1 is 1.19 bits per heavy atom. The molecule has 0 fully saturated rings. The van der Waals surface area contributed by atoms with Crippen molar-refractivity contribution in [3.8, 4) is 0 Å². The fraction of sp³-hybridized carbons (Fsp3) is 0.333. The second kappa shape index (κ2) is 7.09. The van der Waals surface area contributed by atoms with Crippen LogP contribution in [0.3, 0.4) is 0 Å². The van der Waals surface area contributed by atoms with Gasteiger partial charge in [-0.05, 0) is 41.9 Å². The summed E-state index contributed by atoms with van der Waals surface area (Å²) in [6, 6.07) is 5.69. The molecule has 1 aromatic carbocycles. The summed E-state index contributed by atoms with van der Waals surface area (Å²) in [6.07, 6.45) is 0.782. The highest BCUT2D eigenvalue weighted by molar-refractivity contribution is 9.10. The Morgan fingerprint density at radius 2 is 1.90 bits per heavy atom. The van der Waals surface area contributed by atoms with E-state index in [9.17, 15) is 0 Å². The Labute approximate surface area is 138 Å². The van der Waals surface area contributed by atoms with Crippen molar-refractivity contribution in [2.24, 2.45) is 0 Å². The minimum atomic E-state index is 0.661. The fourth-order valence-electron chi connectivity index (χ4n) is 1.91. The van der Waals surface area contributed by atoms with Crippen molar-refractivity contribution in [3.05, 3.63) is 39.1 Å². The number of benzene rings is 1. The van der Waals surface area contributed by atoms with E-state index in [2.05, 4.69) is 36.5 Å². The number of anilines is 3. The molecular weight excluding hydrogens is 352 g/mol. The van der Waals surface area contributed by atoms with Crippen LogP contribution in [0, 0.1) is 6.92 Å². The molecule has 1 heterocycles. The third-order valence-electron chi connectivity index (χ3n) is 3.06. The van der Waals surface area contributed by atoms with E-state index in [1.165, 1.54) is 0 Å². The van der Waals surface area contributed by atoms with Crippen LogP contribution >= 0.6 is 27.5 Å². The number of hydrogen-bond donors (Lipinski definition) is 2. The second-order valence-corrected chi connectivity index (χ2v) is 5.77. The summed E-state index contributed by atoms with van der Waals surface area (Å²) in [4.78, 5) is 9.10. The number of nitrogens with one attached hydrogen (secondary N) is 2. The Bertz CT molecular complexity index is 646. The zero-order valence-electron chi connectivity index (χ0n) is 12.3. The molecule has 0 unspecified atom stereocenters. The van der Waals surface area contributed by atoms with Crippen LogP contribution < -0.4 is 10.6 Å². The smallest absolute Gasteiger partial charge is 0.139 e. The van der Waals surface area contributed by atoms with E-state index in [4.69, 9.17) is 11.6 Å². The van der Waals surface area contributed by atoms with Gasteiger partial charge in [0.25, 0.3) is 0 Å². The van der Waals surface area contributed by atoms with Gasteiger partial charge in [-0.2, -0.15) is 0 Å². The van der Waals surface area contributed by atoms with E-state index in [0.29, 0.717) is 5.02 Å². The van der Waals surface area contributed by atoms with Gasteiger partial charge in [-0.1, -0.05) is 24.6 Å². The summed E-state index contributed by atoms with van der Waals surface area (Å²) in [6.45, 7) is 6.91. The van der Waals surface area contributed by atoms with Gasteiger partial charge in [0.05, 0.1) is 15.2 Å². The molecule has 0 atom stereocenters. The first-order valence-electron chi connectivity index (χ1n) is 6.89. The van der Waals surface area contributed by atoms with Gasteiger partial charge in [-0.15, -0.1) is 0 Å². The highest BCUT2D eigenvalue weighted by atomic mass is 79.9. The summed E-state index contributed by atoms with van der Waals surface area (Å²) in [7, 11) is 0. The molecule has 2 rings (SSSR count). The lowest BCUT2D eigenvalue weighted by Crippen LogP contribution is -2.09. The molecule has 6 heteroatoms. The maximum Gasteiger partial charge on any atom is 0.139 e. The van der Waals surface area contributed by atoms with Crippen molar-refractivity contribution in [1.82, 2.24) is 9.97 Å². The largest absolute Gasteiger partial charge is 0.370 e.